The van der Waals surface area contributed by atoms with Crippen LogP contribution in [0.25, 0.3) is 0 Å². The normalized spacial score (nSPS) is 10.5. The lowest BCUT2D eigenvalue weighted by Crippen LogP contribution is -2.32. The van der Waals surface area contributed by atoms with Crippen molar-refractivity contribution in [2.24, 2.45) is 0 Å². The number of hydrogen-bond donors (Lipinski definition) is 1. The minimum atomic E-state index is -0.540. The van der Waals surface area contributed by atoms with Crippen molar-refractivity contribution in [1.82, 2.24) is 4.90 Å². The second kappa shape index (κ2) is 11.1. The zero-order valence-electron chi connectivity index (χ0n) is 18.1. The topological polar surface area (TPSA) is 75.7 Å². The monoisotopic (exact) mass is 488 g/mol. The molecule has 3 rings (SSSR count). The van der Waals surface area contributed by atoms with E-state index < -0.39 is 17.7 Å². The van der Waals surface area contributed by atoms with Crippen LogP contribution in [0.5, 0.6) is 0 Å². The van der Waals surface area contributed by atoms with Crippen molar-refractivity contribution >= 4 is 45.7 Å². The highest BCUT2D eigenvalue weighted by Crippen LogP contribution is 2.29. The number of methoxy groups -OCH3 is 1. The predicted octanol–water partition coefficient (Wildman–Crippen LogP) is 5.31. The molecule has 2 aromatic carbocycles. The van der Waals surface area contributed by atoms with Gasteiger partial charge in [0.25, 0.3) is 11.8 Å². The van der Waals surface area contributed by atoms with E-state index in [0.29, 0.717) is 22.0 Å². The summed E-state index contributed by atoms with van der Waals surface area (Å²) in [5.74, 6) is -1.72. The van der Waals surface area contributed by atoms with Gasteiger partial charge in [0.15, 0.2) is 0 Å². The number of benzene rings is 2. The number of ether oxygens (including phenoxy) is 1. The molecule has 6 nitrogen and oxygen atoms in total. The van der Waals surface area contributed by atoms with E-state index in [1.807, 2.05) is 30.3 Å². The molecule has 1 aromatic heterocycles. The summed E-state index contributed by atoms with van der Waals surface area (Å²) in [5.41, 5.74) is 1.73. The lowest BCUT2D eigenvalue weighted by atomic mass is 10.2. The van der Waals surface area contributed by atoms with E-state index in [0.717, 1.165) is 29.0 Å². The van der Waals surface area contributed by atoms with Crippen LogP contribution in [-0.2, 0) is 16.1 Å². The Bertz CT molecular complexity index is 1170. The number of esters is 1. The Hall–Kier alpha value is -3.23. The first kappa shape index (κ1) is 24.4. The summed E-state index contributed by atoms with van der Waals surface area (Å²) >= 11 is 7.09. The first-order chi connectivity index (χ1) is 15.8. The van der Waals surface area contributed by atoms with Crippen LogP contribution in [0.4, 0.5) is 9.39 Å². The smallest absolute Gasteiger partial charge is 0.307 e. The summed E-state index contributed by atoms with van der Waals surface area (Å²) in [5, 5.41) is 3.16. The molecule has 2 amide bonds. The third-order valence-corrected chi connectivity index (χ3v) is 6.29. The SMILES string of the molecule is COC(=O)CCN(Cc1ccccc1)C(=O)c1sc(NC(=O)c2ccc(F)cc2Cl)cc1C. The minimum absolute atomic E-state index is 0.00563. The fraction of sp³-hybridized carbons (Fsp3) is 0.208. The average molecular weight is 489 g/mol. The number of anilines is 1. The molecular weight excluding hydrogens is 467 g/mol. The Labute approximate surface area is 199 Å². The molecule has 1 N–H and O–H groups in total. The molecule has 0 aliphatic carbocycles. The molecule has 0 aliphatic rings. The first-order valence-corrected chi connectivity index (χ1v) is 11.2. The summed E-state index contributed by atoms with van der Waals surface area (Å²) in [6, 6.07) is 14.6. The van der Waals surface area contributed by atoms with E-state index in [2.05, 4.69) is 5.32 Å². The van der Waals surface area contributed by atoms with E-state index in [4.69, 9.17) is 16.3 Å². The van der Waals surface area contributed by atoms with Gasteiger partial charge in [-0.05, 0) is 42.3 Å². The number of rotatable bonds is 8. The molecule has 9 heteroatoms. The number of halogens is 2. The third-order valence-electron chi connectivity index (χ3n) is 4.84. The van der Waals surface area contributed by atoms with E-state index in [-0.39, 0.29) is 29.5 Å². The summed E-state index contributed by atoms with van der Waals surface area (Å²) in [6.07, 6.45) is 0.0617. The summed E-state index contributed by atoms with van der Waals surface area (Å²) < 4.78 is 18.0. The molecular formula is C24H22ClFN2O4S. The summed E-state index contributed by atoms with van der Waals surface area (Å²) in [4.78, 5) is 39.6. The Morgan fingerprint density at radius 1 is 1.12 bits per heavy atom. The second-order valence-corrected chi connectivity index (χ2v) is 8.70. The van der Waals surface area contributed by atoms with Crippen molar-refractivity contribution in [3.05, 3.63) is 87.0 Å². The molecule has 0 spiro atoms. The zero-order valence-corrected chi connectivity index (χ0v) is 19.6. The molecule has 0 aliphatic heterocycles. The van der Waals surface area contributed by atoms with Gasteiger partial charge in [-0.25, -0.2) is 4.39 Å². The van der Waals surface area contributed by atoms with Crippen LogP contribution >= 0.6 is 22.9 Å². The van der Waals surface area contributed by atoms with Gasteiger partial charge in [0.2, 0.25) is 0 Å². The molecule has 172 valence electrons. The van der Waals surface area contributed by atoms with Crippen LogP contribution in [0.15, 0.2) is 54.6 Å². The number of thiophene rings is 1. The Kier molecular flexibility index (Phi) is 8.19. The van der Waals surface area contributed by atoms with Crippen LogP contribution in [-0.4, -0.2) is 36.3 Å². The number of nitrogens with zero attached hydrogens (tertiary/aromatic N) is 1. The number of nitrogens with one attached hydrogen (secondary N) is 1. The Balaban J connectivity index is 1.80. The van der Waals surface area contributed by atoms with Gasteiger partial charge in [-0.3, -0.25) is 14.4 Å². The highest BCUT2D eigenvalue weighted by Gasteiger charge is 2.23. The fourth-order valence-electron chi connectivity index (χ4n) is 3.14. The predicted molar refractivity (Wildman–Crippen MR) is 126 cm³/mol. The third kappa shape index (κ3) is 6.40. The molecule has 0 unspecified atom stereocenters. The van der Waals surface area contributed by atoms with E-state index in [1.54, 1.807) is 17.9 Å². The van der Waals surface area contributed by atoms with Crippen LogP contribution in [0.1, 0.15) is 37.6 Å². The van der Waals surface area contributed by atoms with Crippen molar-refractivity contribution in [3.8, 4) is 0 Å². The molecule has 0 bridgehead atoms. The molecule has 1 heterocycles. The zero-order chi connectivity index (χ0) is 24.0. The van der Waals surface area contributed by atoms with E-state index in [1.165, 1.54) is 13.2 Å². The number of carbonyl (C=O) groups excluding carboxylic acids is 3. The lowest BCUT2D eigenvalue weighted by molar-refractivity contribution is -0.140. The molecule has 0 radical (unpaired) electrons. The average Bonchev–Trinajstić information content (AvgIpc) is 3.16. The van der Waals surface area contributed by atoms with Gasteiger partial charge in [0.1, 0.15) is 5.82 Å². The molecule has 0 saturated carbocycles. The van der Waals surface area contributed by atoms with Gasteiger partial charge in [-0.2, -0.15) is 0 Å². The minimum Gasteiger partial charge on any atom is -0.469 e. The largest absolute Gasteiger partial charge is 0.469 e. The molecule has 0 fully saturated rings. The molecule has 0 saturated heterocycles. The van der Waals surface area contributed by atoms with Gasteiger partial charge < -0.3 is 15.0 Å². The maximum atomic E-state index is 13.3. The van der Waals surface area contributed by atoms with Crippen LogP contribution in [0.3, 0.4) is 0 Å². The molecule has 33 heavy (non-hydrogen) atoms. The van der Waals surface area contributed by atoms with Crippen molar-refractivity contribution in [3.63, 3.8) is 0 Å². The highest BCUT2D eigenvalue weighted by atomic mass is 35.5. The Morgan fingerprint density at radius 2 is 1.85 bits per heavy atom. The fourth-order valence-corrected chi connectivity index (χ4v) is 4.43. The maximum Gasteiger partial charge on any atom is 0.307 e. The number of carbonyl (C=O) groups is 3. The highest BCUT2D eigenvalue weighted by molar-refractivity contribution is 7.18. The second-order valence-electron chi connectivity index (χ2n) is 7.24. The standard InChI is InChI=1S/C24H22ClFN2O4S/c1-15-12-20(27-23(30)18-9-8-17(26)13-19(18)25)33-22(15)24(31)28(11-10-21(29)32-2)14-16-6-4-3-5-7-16/h3-9,12-13H,10-11,14H2,1-2H3,(H,27,30). The van der Waals surface area contributed by atoms with Gasteiger partial charge in [0.05, 0.1) is 34.0 Å². The van der Waals surface area contributed by atoms with Crippen LogP contribution in [0, 0.1) is 12.7 Å². The van der Waals surface area contributed by atoms with Crippen molar-refractivity contribution in [2.45, 2.75) is 19.9 Å². The van der Waals surface area contributed by atoms with Gasteiger partial charge in [-0.1, -0.05) is 41.9 Å². The quantitative estimate of drug-likeness (QED) is 0.436. The van der Waals surface area contributed by atoms with Crippen molar-refractivity contribution in [2.75, 3.05) is 19.0 Å². The van der Waals surface area contributed by atoms with Crippen LogP contribution < -0.4 is 5.32 Å². The number of hydrogen-bond acceptors (Lipinski definition) is 5. The summed E-state index contributed by atoms with van der Waals surface area (Å²) in [6.45, 7) is 2.27. The van der Waals surface area contributed by atoms with Gasteiger partial charge >= 0.3 is 5.97 Å². The van der Waals surface area contributed by atoms with Crippen LogP contribution in [0.2, 0.25) is 5.02 Å². The number of amides is 2. The van der Waals surface area contributed by atoms with Gasteiger partial charge in [-0.15, -0.1) is 11.3 Å². The number of aryl methyl sites for hydroxylation is 1. The van der Waals surface area contributed by atoms with Crippen molar-refractivity contribution in [1.29, 1.82) is 0 Å². The first-order valence-electron chi connectivity index (χ1n) is 10.1. The van der Waals surface area contributed by atoms with E-state index in [9.17, 15) is 18.8 Å². The van der Waals surface area contributed by atoms with E-state index >= 15 is 0 Å². The molecule has 0 atom stereocenters. The summed E-state index contributed by atoms with van der Waals surface area (Å²) in [7, 11) is 1.30. The van der Waals surface area contributed by atoms with Crippen molar-refractivity contribution < 1.29 is 23.5 Å². The lowest BCUT2D eigenvalue weighted by Gasteiger charge is -2.22. The molecule has 3 aromatic rings. The van der Waals surface area contributed by atoms with Gasteiger partial charge in [0, 0.05) is 13.1 Å². The Morgan fingerprint density at radius 3 is 2.52 bits per heavy atom. The maximum absolute atomic E-state index is 13.3.